The molecule has 6 heteroatoms. The number of benzene rings is 1. The van der Waals surface area contributed by atoms with Crippen LogP contribution in [0.4, 0.5) is 5.69 Å². The molecule has 0 aliphatic carbocycles. The molecule has 1 unspecified atom stereocenters. The fourth-order valence-electron chi connectivity index (χ4n) is 3.63. The number of methoxy groups -OCH3 is 1. The van der Waals surface area contributed by atoms with Crippen molar-refractivity contribution in [2.45, 2.75) is 37.9 Å². The number of ether oxygens (including phenoxy) is 1. The number of hydrogen-bond donors (Lipinski definition) is 0. The molecule has 2 bridgehead atoms. The average molecular weight is 367 g/mol. The second-order valence-electron chi connectivity index (χ2n) is 6.03. The van der Waals surface area contributed by atoms with E-state index in [-0.39, 0.29) is 27.6 Å². The van der Waals surface area contributed by atoms with Crippen LogP contribution in [0.25, 0.3) is 0 Å². The van der Waals surface area contributed by atoms with Crippen LogP contribution in [0, 0.1) is 22.0 Å². The van der Waals surface area contributed by atoms with Crippen LogP contribution in [-0.2, 0) is 6.54 Å². The lowest BCUT2D eigenvalue weighted by Gasteiger charge is -2.40. The highest BCUT2D eigenvalue weighted by Crippen LogP contribution is 2.39. The molecule has 0 aromatic heterocycles. The topological polar surface area (TPSA) is 52.4 Å². The second-order valence-corrected chi connectivity index (χ2v) is 6.03. The zero-order valence-corrected chi connectivity index (χ0v) is 14.3. The summed E-state index contributed by atoms with van der Waals surface area (Å²) in [6.07, 6.45) is 3.20. The first-order valence-electron chi connectivity index (χ1n) is 7.19. The maximum atomic E-state index is 11.0. The SMILES string of the molecule is COc1ccc([N+](=O)[O-])cc1C[N+]1(C)[C@@H]2CC#C[C@H]1CC2.[Br-]. The Bertz CT molecular complexity index is 653. The number of hydrogen-bond acceptors (Lipinski definition) is 3. The van der Waals surface area contributed by atoms with E-state index in [1.54, 1.807) is 19.2 Å². The highest BCUT2D eigenvalue weighted by Gasteiger charge is 2.47. The molecule has 2 aliphatic heterocycles. The molecule has 0 N–H and O–H groups in total. The lowest BCUT2D eigenvalue weighted by atomic mass is 10.0. The van der Waals surface area contributed by atoms with Crippen LogP contribution in [0.3, 0.4) is 0 Å². The van der Waals surface area contributed by atoms with Gasteiger partial charge in [0.15, 0.2) is 6.04 Å². The van der Waals surface area contributed by atoms with Crippen LogP contribution in [0.15, 0.2) is 18.2 Å². The Morgan fingerprint density at radius 3 is 2.86 bits per heavy atom. The van der Waals surface area contributed by atoms with Crippen molar-refractivity contribution in [3.63, 3.8) is 0 Å². The third-order valence-electron chi connectivity index (χ3n) is 4.91. The summed E-state index contributed by atoms with van der Waals surface area (Å²) in [5.41, 5.74) is 1.02. The fraction of sp³-hybridized carbons (Fsp3) is 0.500. The fourth-order valence-corrected chi connectivity index (χ4v) is 3.63. The zero-order valence-electron chi connectivity index (χ0n) is 12.7. The lowest BCUT2D eigenvalue weighted by Crippen LogP contribution is -3.00. The van der Waals surface area contributed by atoms with Crippen LogP contribution in [0.5, 0.6) is 5.75 Å². The van der Waals surface area contributed by atoms with Crippen molar-refractivity contribution in [1.29, 1.82) is 0 Å². The molecule has 1 saturated heterocycles. The number of non-ortho nitro benzene ring substituents is 1. The molecule has 0 spiro atoms. The molecule has 0 amide bonds. The van der Waals surface area contributed by atoms with Crippen molar-refractivity contribution in [3.8, 4) is 17.6 Å². The van der Waals surface area contributed by atoms with E-state index in [1.165, 1.54) is 12.5 Å². The predicted molar refractivity (Wildman–Crippen MR) is 78.7 cm³/mol. The van der Waals surface area contributed by atoms with Gasteiger partial charge in [0.25, 0.3) is 5.69 Å². The summed E-state index contributed by atoms with van der Waals surface area (Å²) < 4.78 is 6.24. The predicted octanol–water partition coefficient (Wildman–Crippen LogP) is -0.508. The maximum absolute atomic E-state index is 11.0. The molecule has 1 aromatic carbocycles. The zero-order chi connectivity index (χ0) is 15.0. The van der Waals surface area contributed by atoms with Crippen molar-refractivity contribution in [1.82, 2.24) is 0 Å². The van der Waals surface area contributed by atoms with E-state index >= 15 is 0 Å². The Morgan fingerprint density at radius 1 is 1.45 bits per heavy atom. The minimum atomic E-state index is -0.354. The highest BCUT2D eigenvalue weighted by molar-refractivity contribution is 5.43. The van der Waals surface area contributed by atoms with Gasteiger partial charge in [-0.3, -0.25) is 10.1 Å². The molecule has 1 fully saturated rings. The van der Waals surface area contributed by atoms with Gasteiger partial charge in [0, 0.05) is 25.0 Å². The van der Waals surface area contributed by atoms with Crippen molar-refractivity contribution < 1.29 is 31.1 Å². The van der Waals surface area contributed by atoms with Gasteiger partial charge in [-0.1, -0.05) is 5.92 Å². The van der Waals surface area contributed by atoms with Crippen LogP contribution in [-0.4, -0.2) is 35.6 Å². The molecule has 5 nitrogen and oxygen atoms in total. The number of halogens is 1. The Labute approximate surface area is 140 Å². The molecule has 3 atom stereocenters. The Morgan fingerprint density at radius 2 is 2.23 bits per heavy atom. The summed E-state index contributed by atoms with van der Waals surface area (Å²) in [6.45, 7) is 0.731. The number of nitrogens with zero attached hydrogens (tertiary/aromatic N) is 2. The summed E-state index contributed by atoms with van der Waals surface area (Å²) >= 11 is 0. The van der Waals surface area contributed by atoms with Gasteiger partial charge < -0.3 is 26.2 Å². The third kappa shape index (κ3) is 2.71. The van der Waals surface area contributed by atoms with Gasteiger partial charge in [0.1, 0.15) is 18.3 Å². The summed E-state index contributed by atoms with van der Waals surface area (Å²) in [4.78, 5) is 10.6. The van der Waals surface area contributed by atoms with E-state index < -0.39 is 0 Å². The monoisotopic (exact) mass is 366 g/mol. The Balaban J connectivity index is 0.00000176. The molecule has 0 radical (unpaired) electrons. The van der Waals surface area contributed by atoms with Crippen LogP contribution < -0.4 is 21.7 Å². The Hall–Kier alpha value is -1.58. The number of fused-ring (bicyclic) bond motifs is 2. The quantitative estimate of drug-likeness (QED) is 0.312. The first-order valence-corrected chi connectivity index (χ1v) is 7.19. The number of nitro benzene ring substituents is 1. The first kappa shape index (κ1) is 16.8. The van der Waals surface area contributed by atoms with Crippen molar-refractivity contribution in [2.24, 2.45) is 0 Å². The molecule has 1 aromatic rings. The molecular weight excluding hydrogens is 348 g/mol. The molecular formula is C16H19BrN2O3. The average Bonchev–Trinajstić information content (AvgIpc) is 2.67. The van der Waals surface area contributed by atoms with Crippen LogP contribution in [0.1, 0.15) is 24.8 Å². The smallest absolute Gasteiger partial charge is 0.270 e. The highest BCUT2D eigenvalue weighted by atomic mass is 79.9. The summed E-state index contributed by atoms with van der Waals surface area (Å²) in [5.74, 6) is 7.30. The molecule has 3 rings (SSSR count). The standard InChI is InChI=1S/C16H19N2O3.BrH/c1-18(14-4-3-5-15(18)8-7-14)11-12-10-13(17(19)20)6-9-16(12)21-2;/h6,9-10,14-15H,4,7-8,11H2,1-2H3;1H/q+1;/p-1/t14-,15+,18?;/m1./s1. The lowest BCUT2D eigenvalue weighted by molar-refractivity contribution is -0.949. The Kier molecular flexibility index (Phi) is 4.78. The van der Waals surface area contributed by atoms with Gasteiger partial charge in [-0.15, -0.1) is 0 Å². The minimum absolute atomic E-state index is 0. The maximum Gasteiger partial charge on any atom is 0.270 e. The van der Waals surface area contributed by atoms with Gasteiger partial charge in [-0.2, -0.15) is 0 Å². The second kappa shape index (κ2) is 6.27. The molecule has 0 saturated carbocycles. The first-order chi connectivity index (χ1) is 10.0. The van der Waals surface area contributed by atoms with Crippen LogP contribution in [0.2, 0.25) is 0 Å². The third-order valence-corrected chi connectivity index (χ3v) is 4.91. The van der Waals surface area contributed by atoms with Crippen molar-refractivity contribution in [3.05, 3.63) is 33.9 Å². The van der Waals surface area contributed by atoms with Gasteiger partial charge >= 0.3 is 0 Å². The van der Waals surface area contributed by atoms with E-state index in [2.05, 4.69) is 18.9 Å². The van der Waals surface area contributed by atoms with E-state index in [4.69, 9.17) is 4.74 Å². The number of quaternary nitrogens is 1. The molecule has 22 heavy (non-hydrogen) atoms. The van der Waals surface area contributed by atoms with E-state index in [9.17, 15) is 10.1 Å². The van der Waals surface area contributed by atoms with Crippen molar-refractivity contribution in [2.75, 3.05) is 14.2 Å². The summed E-state index contributed by atoms with van der Waals surface area (Å²) in [7, 11) is 3.82. The summed E-state index contributed by atoms with van der Waals surface area (Å²) in [6, 6.07) is 5.70. The minimum Gasteiger partial charge on any atom is -1.00 e. The van der Waals surface area contributed by atoms with E-state index in [0.29, 0.717) is 12.1 Å². The molecule has 2 heterocycles. The number of rotatable bonds is 4. The largest absolute Gasteiger partial charge is 1.00 e. The van der Waals surface area contributed by atoms with Crippen LogP contribution >= 0.6 is 0 Å². The van der Waals surface area contributed by atoms with E-state index in [1.807, 2.05) is 0 Å². The molecule has 2 aliphatic rings. The number of nitro groups is 1. The van der Waals surface area contributed by atoms with Gasteiger partial charge in [-0.05, 0) is 12.0 Å². The molecule has 118 valence electrons. The van der Waals surface area contributed by atoms with E-state index in [0.717, 1.165) is 35.2 Å². The van der Waals surface area contributed by atoms with Gasteiger partial charge in [0.05, 0.1) is 31.1 Å². The van der Waals surface area contributed by atoms with Crippen molar-refractivity contribution >= 4 is 5.69 Å². The summed E-state index contributed by atoms with van der Waals surface area (Å²) in [5, 5.41) is 11.0. The van der Waals surface area contributed by atoms with Gasteiger partial charge in [-0.25, -0.2) is 0 Å². The normalized spacial score (nSPS) is 28.3. The van der Waals surface area contributed by atoms with Gasteiger partial charge in [0.2, 0.25) is 0 Å².